The number of benzene rings is 2. The van der Waals surface area contributed by atoms with Gasteiger partial charge in [0.2, 0.25) is 5.91 Å². The third-order valence-electron chi connectivity index (χ3n) is 3.68. The maximum atomic E-state index is 12.4. The first-order valence-electron chi connectivity index (χ1n) is 7.59. The summed E-state index contributed by atoms with van der Waals surface area (Å²) in [6.45, 7) is 0.493. The van der Waals surface area contributed by atoms with Crippen LogP contribution >= 0.6 is 15.9 Å². The van der Waals surface area contributed by atoms with Crippen molar-refractivity contribution in [1.82, 2.24) is 14.9 Å². The molecule has 122 valence electrons. The number of fused-ring (bicyclic) bond motifs is 1. The van der Waals surface area contributed by atoms with Crippen LogP contribution < -0.4 is 10.9 Å². The van der Waals surface area contributed by atoms with Gasteiger partial charge in [-0.3, -0.25) is 14.2 Å². The SMILES string of the molecule is O=C(Cn1cnc2ccc(Br)cc2c1=O)NCCc1ccccc1. The van der Waals surface area contributed by atoms with E-state index in [0.29, 0.717) is 17.4 Å². The standard InChI is InChI=1S/C18H16BrN3O2/c19-14-6-7-16-15(10-14)18(24)22(12-21-16)11-17(23)20-9-8-13-4-2-1-3-5-13/h1-7,10,12H,8-9,11H2,(H,20,23). The van der Waals surface area contributed by atoms with Crippen LogP contribution in [-0.4, -0.2) is 22.0 Å². The topological polar surface area (TPSA) is 64.0 Å². The molecule has 1 amide bonds. The van der Waals surface area contributed by atoms with E-state index in [0.717, 1.165) is 16.5 Å². The minimum atomic E-state index is -0.223. The number of amides is 1. The molecule has 0 atom stereocenters. The van der Waals surface area contributed by atoms with Gasteiger partial charge in [0.05, 0.1) is 17.2 Å². The predicted molar refractivity (Wildman–Crippen MR) is 96.9 cm³/mol. The van der Waals surface area contributed by atoms with Crippen LogP contribution in [0.15, 0.2) is 64.1 Å². The number of rotatable bonds is 5. The molecule has 3 aromatic rings. The van der Waals surface area contributed by atoms with Gasteiger partial charge in [-0.1, -0.05) is 46.3 Å². The van der Waals surface area contributed by atoms with Crippen LogP contribution in [0.2, 0.25) is 0 Å². The van der Waals surface area contributed by atoms with Crippen LogP contribution in [0.3, 0.4) is 0 Å². The molecule has 0 saturated heterocycles. The quantitative estimate of drug-likeness (QED) is 0.733. The van der Waals surface area contributed by atoms with Crippen molar-refractivity contribution < 1.29 is 4.79 Å². The van der Waals surface area contributed by atoms with Gasteiger partial charge in [0.1, 0.15) is 6.54 Å². The van der Waals surface area contributed by atoms with Crippen molar-refractivity contribution in [1.29, 1.82) is 0 Å². The molecule has 2 aromatic carbocycles. The molecule has 0 bridgehead atoms. The van der Waals surface area contributed by atoms with Gasteiger partial charge in [0, 0.05) is 11.0 Å². The Kier molecular flexibility index (Phi) is 5.05. The van der Waals surface area contributed by atoms with Gasteiger partial charge in [-0.15, -0.1) is 0 Å². The Bertz CT molecular complexity index is 922. The first-order chi connectivity index (χ1) is 11.6. The number of nitrogens with zero attached hydrogens (tertiary/aromatic N) is 2. The van der Waals surface area contributed by atoms with E-state index in [9.17, 15) is 9.59 Å². The van der Waals surface area contributed by atoms with E-state index in [4.69, 9.17) is 0 Å². The minimum Gasteiger partial charge on any atom is -0.354 e. The predicted octanol–water partition coefficient (Wildman–Crippen LogP) is 2.52. The minimum absolute atomic E-state index is 0.0386. The normalized spacial score (nSPS) is 10.7. The van der Waals surface area contributed by atoms with Crippen LogP contribution in [0.1, 0.15) is 5.56 Å². The fourth-order valence-electron chi connectivity index (χ4n) is 2.45. The molecule has 1 aromatic heterocycles. The monoisotopic (exact) mass is 385 g/mol. The van der Waals surface area contributed by atoms with Crippen molar-refractivity contribution >= 4 is 32.7 Å². The number of carbonyl (C=O) groups is 1. The second-order valence-corrected chi connectivity index (χ2v) is 6.34. The highest BCUT2D eigenvalue weighted by Gasteiger charge is 2.08. The van der Waals surface area contributed by atoms with E-state index in [-0.39, 0.29) is 18.0 Å². The summed E-state index contributed by atoms with van der Waals surface area (Å²) in [5, 5.41) is 3.32. The second-order valence-electron chi connectivity index (χ2n) is 5.42. The number of aromatic nitrogens is 2. The number of hydrogen-bond acceptors (Lipinski definition) is 3. The molecule has 0 fully saturated rings. The molecule has 0 aliphatic carbocycles. The molecule has 0 unspecified atom stereocenters. The van der Waals surface area contributed by atoms with Crippen molar-refractivity contribution in [3.63, 3.8) is 0 Å². The molecule has 0 saturated carbocycles. The molecule has 5 nitrogen and oxygen atoms in total. The zero-order chi connectivity index (χ0) is 16.9. The largest absolute Gasteiger partial charge is 0.354 e. The molecule has 0 aliphatic heterocycles. The lowest BCUT2D eigenvalue weighted by Gasteiger charge is -2.08. The summed E-state index contributed by atoms with van der Waals surface area (Å²) in [5.41, 5.74) is 1.55. The summed E-state index contributed by atoms with van der Waals surface area (Å²) in [7, 11) is 0. The Hall–Kier alpha value is -2.47. The first-order valence-corrected chi connectivity index (χ1v) is 8.38. The third kappa shape index (κ3) is 3.89. The molecule has 6 heteroatoms. The number of carbonyl (C=O) groups excluding carboxylic acids is 1. The van der Waals surface area contributed by atoms with Gasteiger partial charge in [-0.05, 0) is 30.2 Å². The molecular formula is C18H16BrN3O2. The van der Waals surface area contributed by atoms with E-state index in [2.05, 4.69) is 26.2 Å². The van der Waals surface area contributed by atoms with E-state index >= 15 is 0 Å². The van der Waals surface area contributed by atoms with Gasteiger partial charge in [-0.2, -0.15) is 0 Å². The highest BCUT2D eigenvalue weighted by atomic mass is 79.9. The lowest BCUT2D eigenvalue weighted by molar-refractivity contribution is -0.121. The van der Waals surface area contributed by atoms with Gasteiger partial charge >= 0.3 is 0 Å². The van der Waals surface area contributed by atoms with Crippen LogP contribution in [0, 0.1) is 0 Å². The summed E-state index contributed by atoms with van der Waals surface area (Å²) < 4.78 is 2.13. The Labute approximate surface area is 147 Å². The zero-order valence-electron chi connectivity index (χ0n) is 12.9. The Morgan fingerprint density at radius 3 is 2.75 bits per heavy atom. The first kappa shape index (κ1) is 16.4. The fraction of sp³-hybridized carbons (Fsp3) is 0.167. The third-order valence-corrected chi connectivity index (χ3v) is 4.17. The zero-order valence-corrected chi connectivity index (χ0v) is 14.5. The lowest BCUT2D eigenvalue weighted by atomic mass is 10.1. The molecule has 0 aliphatic rings. The fourth-order valence-corrected chi connectivity index (χ4v) is 2.81. The van der Waals surface area contributed by atoms with Crippen LogP contribution in [-0.2, 0) is 17.8 Å². The van der Waals surface area contributed by atoms with Crippen molar-refractivity contribution in [2.75, 3.05) is 6.54 Å². The maximum Gasteiger partial charge on any atom is 0.261 e. The van der Waals surface area contributed by atoms with E-state index < -0.39 is 0 Å². The smallest absolute Gasteiger partial charge is 0.261 e. The molecule has 0 radical (unpaired) electrons. The average molecular weight is 386 g/mol. The van der Waals surface area contributed by atoms with Gasteiger partial charge in [0.15, 0.2) is 0 Å². The van der Waals surface area contributed by atoms with Gasteiger partial charge in [0.25, 0.3) is 5.56 Å². The number of halogens is 1. The second kappa shape index (κ2) is 7.40. The van der Waals surface area contributed by atoms with E-state index in [1.54, 1.807) is 12.1 Å². The van der Waals surface area contributed by atoms with Crippen LogP contribution in [0.5, 0.6) is 0 Å². The van der Waals surface area contributed by atoms with Crippen molar-refractivity contribution in [2.24, 2.45) is 0 Å². The highest BCUT2D eigenvalue weighted by molar-refractivity contribution is 9.10. The van der Waals surface area contributed by atoms with Gasteiger partial charge < -0.3 is 5.32 Å². The summed E-state index contributed by atoms with van der Waals surface area (Å²) in [4.78, 5) is 28.7. The summed E-state index contributed by atoms with van der Waals surface area (Å²) in [6, 6.07) is 15.2. The molecule has 1 N–H and O–H groups in total. The van der Waals surface area contributed by atoms with Crippen LogP contribution in [0.25, 0.3) is 10.9 Å². The highest BCUT2D eigenvalue weighted by Crippen LogP contribution is 2.14. The van der Waals surface area contributed by atoms with Crippen molar-refractivity contribution in [3.05, 3.63) is 75.2 Å². The summed E-state index contributed by atoms with van der Waals surface area (Å²) >= 11 is 3.34. The average Bonchev–Trinajstić information content (AvgIpc) is 2.59. The van der Waals surface area contributed by atoms with Gasteiger partial charge in [-0.25, -0.2) is 4.98 Å². The molecular weight excluding hydrogens is 370 g/mol. The summed E-state index contributed by atoms with van der Waals surface area (Å²) in [6.07, 6.45) is 2.17. The molecule has 0 spiro atoms. The van der Waals surface area contributed by atoms with E-state index in [1.165, 1.54) is 10.9 Å². The summed E-state index contributed by atoms with van der Waals surface area (Å²) in [5.74, 6) is -0.204. The Balaban J connectivity index is 1.65. The van der Waals surface area contributed by atoms with E-state index in [1.807, 2.05) is 36.4 Å². The Morgan fingerprint density at radius 1 is 1.17 bits per heavy atom. The van der Waals surface area contributed by atoms with Crippen molar-refractivity contribution in [2.45, 2.75) is 13.0 Å². The number of nitrogens with one attached hydrogen (secondary N) is 1. The molecule has 24 heavy (non-hydrogen) atoms. The Morgan fingerprint density at radius 2 is 1.96 bits per heavy atom. The van der Waals surface area contributed by atoms with Crippen molar-refractivity contribution in [3.8, 4) is 0 Å². The lowest BCUT2D eigenvalue weighted by Crippen LogP contribution is -2.33. The maximum absolute atomic E-state index is 12.4. The molecule has 1 heterocycles. The number of hydrogen-bond donors (Lipinski definition) is 1. The molecule has 3 rings (SSSR count). The van der Waals surface area contributed by atoms with Crippen LogP contribution in [0.4, 0.5) is 0 Å².